The Morgan fingerprint density at radius 3 is 2.48 bits per heavy atom. The summed E-state index contributed by atoms with van der Waals surface area (Å²) in [5.41, 5.74) is 5.54. The van der Waals surface area contributed by atoms with Crippen LogP contribution in [0.15, 0.2) is 36.5 Å². The minimum atomic E-state index is -4.45. The van der Waals surface area contributed by atoms with Crippen molar-refractivity contribution in [2.45, 2.75) is 18.6 Å². The van der Waals surface area contributed by atoms with Crippen LogP contribution in [0.2, 0.25) is 5.02 Å². The van der Waals surface area contributed by atoms with Gasteiger partial charge < -0.3 is 5.73 Å². The van der Waals surface area contributed by atoms with E-state index >= 15 is 0 Å². The summed E-state index contributed by atoms with van der Waals surface area (Å²) in [6, 6.07) is 5.42. The smallest absolute Gasteiger partial charge is 0.322 e. The quantitative estimate of drug-likeness (QED) is 0.864. The lowest BCUT2D eigenvalue weighted by Crippen LogP contribution is -2.16. The molecule has 0 aliphatic heterocycles. The predicted octanol–water partition coefficient (Wildman–Crippen LogP) is 4.14. The van der Waals surface area contributed by atoms with Crippen LogP contribution >= 0.6 is 11.6 Å². The maximum atomic E-state index is 13.6. The third kappa shape index (κ3) is 3.92. The molecule has 1 heterocycles. The number of pyridine rings is 1. The predicted molar refractivity (Wildman–Crippen MR) is 71.3 cm³/mol. The summed E-state index contributed by atoms with van der Waals surface area (Å²) in [5, 5.41) is 0.360. The lowest BCUT2D eigenvalue weighted by Gasteiger charge is -2.13. The van der Waals surface area contributed by atoms with Crippen LogP contribution < -0.4 is 5.73 Å². The molecule has 1 aromatic carbocycles. The van der Waals surface area contributed by atoms with Gasteiger partial charge in [0.05, 0.1) is 17.3 Å². The van der Waals surface area contributed by atoms with Gasteiger partial charge in [-0.15, -0.1) is 0 Å². The number of halogens is 5. The van der Waals surface area contributed by atoms with Crippen LogP contribution in [0, 0.1) is 5.82 Å². The summed E-state index contributed by atoms with van der Waals surface area (Å²) in [7, 11) is 0. The molecule has 7 heteroatoms. The molecule has 0 fully saturated rings. The summed E-state index contributed by atoms with van der Waals surface area (Å²) >= 11 is 5.77. The van der Waals surface area contributed by atoms with Gasteiger partial charge in [-0.2, -0.15) is 13.2 Å². The molecular formula is C14H11ClF4N2. The van der Waals surface area contributed by atoms with Crippen molar-refractivity contribution < 1.29 is 17.6 Å². The zero-order valence-electron chi connectivity index (χ0n) is 10.7. The summed E-state index contributed by atoms with van der Waals surface area (Å²) < 4.78 is 50.9. The van der Waals surface area contributed by atoms with Crippen LogP contribution in [0.3, 0.4) is 0 Å². The van der Waals surface area contributed by atoms with Gasteiger partial charge in [-0.25, -0.2) is 4.39 Å². The molecule has 1 aromatic heterocycles. The van der Waals surface area contributed by atoms with E-state index in [1.165, 1.54) is 24.3 Å². The maximum absolute atomic E-state index is 13.6. The highest BCUT2D eigenvalue weighted by atomic mass is 35.5. The highest BCUT2D eigenvalue weighted by molar-refractivity contribution is 6.30. The van der Waals surface area contributed by atoms with Gasteiger partial charge in [-0.1, -0.05) is 11.6 Å². The van der Waals surface area contributed by atoms with Gasteiger partial charge in [0.2, 0.25) is 0 Å². The van der Waals surface area contributed by atoms with E-state index in [-0.39, 0.29) is 17.7 Å². The molecule has 112 valence electrons. The van der Waals surface area contributed by atoms with Crippen molar-refractivity contribution in [3.63, 3.8) is 0 Å². The number of nitrogens with zero attached hydrogens (tertiary/aromatic N) is 1. The molecule has 2 rings (SSSR count). The molecule has 0 radical (unpaired) electrons. The second-order valence-corrected chi connectivity index (χ2v) is 4.95. The normalized spacial score (nSPS) is 13.2. The van der Waals surface area contributed by atoms with Gasteiger partial charge >= 0.3 is 6.18 Å². The Morgan fingerprint density at radius 2 is 1.90 bits per heavy atom. The third-order valence-corrected chi connectivity index (χ3v) is 3.18. The number of hydrogen-bond acceptors (Lipinski definition) is 2. The van der Waals surface area contributed by atoms with Gasteiger partial charge in [-0.05, 0) is 42.3 Å². The van der Waals surface area contributed by atoms with E-state index in [0.717, 1.165) is 6.07 Å². The fraction of sp³-hybridized carbons (Fsp3) is 0.214. The Morgan fingerprint density at radius 1 is 1.19 bits per heavy atom. The van der Waals surface area contributed by atoms with Crippen molar-refractivity contribution in [1.82, 2.24) is 4.98 Å². The Bertz CT molecular complexity index is 626. The Hall–Kier alpha value is -1.66. The maximum Gasteiger partial charge on any atom is 0.417 e. The molecule has 1 unspecified atom stereocenters. The molecule has 0 spiro atoms. The SMILES string of the molecule is NC(Cc1cc(Cl)ccc1F)c1ccc(C(F)(F)F)cn1. The lowest BCUT2D eigenvalue weighted by molar-refractivity contribution is -0.137. The highest BCUT2D eigenvalue weighted by Gasteiger charge is 2.30. The molecule has 0 aliphatic rings. The molecule has 0 saturated heterocycles. The van der Waals surface area contributed by atoms with E-state index in [4.69, 9.17) is 17.3 Å². The second-order valence-electron chi connectivity index (χ2n) is 4.52. The molecular weight excluding hydrogens is 308 g/mol. The Balaban J connectivity index is 2.17. The summed E-state index contributed by atoms with van der Waals surface area (Å²) in [5.74, 6) is -0.471. The summed E-state index contributed by atoms with van der Waals surface area (Å²) in [6.45, 7) is 0. The average Bonchev–Trinajstić information content (AvgIpc) is 2.42. The topological polar surface area (TPSA) is 38.9 Å². The second kappa shape index (κ2) is 5.99. The van der Waals surface area contributed by atoms with Crippen molar-refractivity contribution >= 4 is 11.6 Å². The standard InChI is InChI=1S/C14H11ClF4N2/c15-10-2-3-11(16)8(5-10)6-12(20)13-4-1-9(7-21-13)14(17,18)19/h1-5,7,12H,6,20H2. The molecule has 2 aromatic rings. The Labute approximate surface area is 123 Å². The van der Waals surface area contributed by atoms with Crippen LogP contribution in [-0.4, -0.2) is 4.98 Å². The van der Waals surface area contributed by atoms with Gasteiger partial charge in [-0.3, -0.25) is 4.98 Å². The number of benzene rings is 1. The van der Waals surface area contributed by atoms with E-state index < -0.39 is 23.6 Å². The molecule has 0 saturated carbocycles. The van der Waals surface area contributed by atoms with Crippen molar-refractivity contribution in [1.29, 1.82) is 0 Å². The zero-order valence-corrected chi connectivity index (χ0v) is 11.4. The monoisotopic (exact) mass is 318 g/mol. The minimum Gasteiger partial charge on any atom is -0.322 e. The molecule has 0 amide bonds. The van der Waals surface area contributed by atoms with Crippen molar-refractivity contribution in [2.75, 3.05) is 0 Å². The first-order valence-corrected chi connectivity index (χ1v) is 6.38. The first-order valence-electron chi connectivity index (χ1n) is 6.00. The molecule has 0 aliphatic carbocycles. The van der Waals surface area contributed by atoms with Gasteiger partial charge in [0.15, 0.2) is 0 Å². The number of alkyl halides is 3. The van der Waals surface area contributed by atoms with E-state index in [1.54, 1.807) is 0 Å². The van der Waals surface area contributed by atoms with Gasteiger partial charge in [0, 0.05) is 11.2 Å². The third-order valence-electron chi connectivity index (χ3n) is 2.94. The molecule has 2 N–H and O–H groups in total. The minimum absolute atomic E-state index is 0.0881. The number of nitrogens with two attached hydrogens (primary N) is 1. The highest BCUT2D eigenvalue weighted by Crippen LogP contribution is 2.29. The van der Waals surface area contributed by atoms with Crippen LogP contribution in [0.4, 0.5) is 17.6 Å². The van der Waals surface area contributed by atoms with Gasteiger partial charge in [0.1, 0.15) is 5.82 Å². The lowest BCUT2D eigenvalue weighted by atomic mass is 10.0. The van der Waals surface area contributed by atoms with E-state index in [2.05, 4.69) is 4.98 Å². The van der Waals surface area contributed by atoms with Crippen LogP contribution in [0.5, 0.6) is 0 Å². The van der Waals surface area contributed by atoms with Crippen molar-refractivity contribution in [3.8, 4) is 0 Å². The molecule has 2 nitrogen and oxygen atoms in total. The first kappa shape index (κ1) is 15.7. The van der Waals surface area contributed by atoms with Crippen LogP contribution in [-0.2, 0) is 12.6 Å². The molecule has 1 atom stereocenters. The largest absolute Gasteiger partial charge is 0.417 e. The molecule has 0 bridgehead atoms. The fourth-order valence-corrected chi connectivity index (χ4v) is 2.03. The van der Waals surface area contributed by atoms with Crippen LogP contribution in [0.25, 0.3) is 0 Å². The Kier molecular flexibility index (Phi) is 4.49. The number of rotatable bonds is 3. The van der Waals surface area contributed by atoms with E-state index in [1.807, 2.05) is 0 Å². The average molecular weight is 319 g/mol. The number of hydrogen-bond donors (Lipinski definition) is 1. The summed E-state index contributed by atoms with van der Waals surface area (Å²) in [4.78, 5) is 3.69. The number of aromatic nitrogens is 1. The van der Waals surface area contributed by atoms with Crippen molar-refractivity contribution in [2.24, 2.45) is 5.73 Å². The van der Waals surface area contributed by atoms with Gasteiger partial charge in [0.25, 0.3) is 0 Å². The van der Waals surface area contributed by atoms with Crippen LogP contribution in [0.1, 0.15) is 22.9 Å². The zero-order chi connectivity index (χ0) is 15.6. The van der Waals surface area contributed by atoms with Crippen molar-refractivity contribution in [3.05, 3.63) is 64.2 Å². The van der Waals surface area contributed by atoms with E-state index in [9.17, 15) is 17.6 Å². The molecule has 21 heavy (non-hydrogen) atoms. The summed E-state index contributed by atoms with van der Waals surface area (Å²) in [6.07, 6.45) is -3.65. The van der Waals surface area contributed by atoms with E-state index in [0.29, 0.717) is 11.2 Å². The fourth-order valence-electron chi connectivity index (χ4n) is 1.83. The first-order chi connectivity index (χ1) is 9.77.